The number of benzene rings is 2. The number of rotatable bonds is 5. The van der Waals surface area contributed by atoms with Crippen LogP contribution in [0.4, 0.5) is 0 Å². The second-order valence-electron chi connectivity index (χ2n) is 4.79. The van der Waals surface area contributed by atoms with E-state index in [9.17, 15) is 4.79 Å². The Bertz CT molecular complexity index is 800. The standard InChI is InChI=1S/C18H15NO3/c1-21-17-10-9-16-15(8-7-14(19-16)11-22-12-20)18(17)13-5-3-2-4-6-13/h2-10,12H,11H2,1H3. The van der Waals surface area contributed by atoms with Gasteiger partial charge in [0.2, 0.25) is 0 Å². The summed E-state index contributed by atoms with van der Waals surface area (Å²) in [5, 5.41) is 1.00. The van der Waals surface area contributed by atoms with Gasteiger partial charge in [0.15, 0.2) is 0 Å². The monoisotopic (exact) mass is 293 g/mol. The molecule has 3 aromatic rings. The molecule has 1 aromatic heterocycles. The number of aromatic nitrogens is 1. The molecule has 0 aliphatic heterocycles. The lowest BCUT2D eigenvalue weighted by molar-refractivity contribution is -0.129. The quantitative estimate of drug-likeness (QED) is 0.675. The van der Waals surface area contributed by atoms with Crippen molar-refractivity contribution >= 4 is 17.4 Å². The molecule has 4 nitrogen and oxygen atoms in total. The molecule has 0 aliphatic rings. The number of hydrogen-bond acceptors (Lipinski definition) is 4. The van der Waals surface area contributed by atoms with Gasteiger partial charge in [-0.25, -0.2) is 4.98 Å². The van der Waals surface area contributed by atoms with E-state index < -0.39 is 0 Å². The normalized spacial score (nSPS) is 10.4. The fraction of sp³-hybridized carbons (Fsp3) is 0.111. The van der Waals surface area contributed by atoms with E-state index in [1.807, 2.05) is 54.6 Å². The average Bonchev–Trinajstić information content (AvgIpc) is 2.59. The van der Waals surface area contributed by atoms with Crippen molar-refractivity contribution in [3.05, 3.63) is 60.3 Å². The lowest BCUT2D eigenvalue weighted by Crippen LogP contribution is -1.96. The van der Waals surface area contributed by atoms with Gasteiger partial charge in [-0.15, -0.1) is 0 Å². The zero-order valence-electron chi connectivity index (χ0n) is 12.2. The summed E-state index contributed by atoms with van der Waals surface area (Å²) >= 11 is 0. The minimum absolute atomic E-state index is 0.173. The smallest absolute Gasteiger partial charge is 0.293 e. The van der Waals surface area contributed by atoms with Crippen LogP contribution in [0.1, 0.15) is 5.69 Å². The first-order valence-corrected chi connectivity index (χ1v) is 6.91. The van der Waals surface area contributed by atoms with Crippen LogP contribution in [0.25, 0.3) is 22.0 Å². The summed E-state index contributed by atoms with van der Waals surface area (Å²) in [5.41, 5.74) is 3.63. The summed E-state index contributed by atoms with van der Waals surface area (Å²) in [4.78, 5) is 14.8. The van der Waals surface area contributed by atoms with Gasteiger partial charge in [-0.05, 0) is 23.8 Å². The van der Waals surface area contributed by atoms with Gasteiger partial charge >= 0.3 is 0 Å². The minimum Gasteiger partial charge on any atom is -0.496 e. The van der Waals surface area contributed by atoms with Crippen LogP contribution in [0.5, 0.6) is 5.75 Å². The van der Waals surface area contributed by atoms with E-state index >= 15 is 0 Å². The van der Waals surface area contributed by atoms with E-state index in [1.54, 1.807) is 7.11 Å². The first-order valence-electron chi connectivity index (χ1n) is 6.91. The highest BCUT2D eigenvalue weighted by atomic mass is 16.5. The van der Waals surface area contributed by atoms with E-state index in [-0.39, 0.29) is 6.61 Å². The lowest BCUT2D eigenvalue weighted by atomic mass is 9.99. The first kappa shape index (κ1) is 14.1. The molecule has 0 N–H and O–H groups in total. The maximum absolute atomic E-state index is 10.3. The first-order chi connectivity index (χ1) is 10.8. The van der Waals surface area contributed by atoms with Crippen molar-refractivity contribution in [2.75, 3.05) is 7.11 Å². The molecule has 3 rings (SSSR count). The van der Waals surface area contributed by atoms with Crippen LogP contribution in [-0.2, 0) is 16.1 Å². The third kappa shape index (κ3) is 2.63. The molecule has 0 radical (unpaired) electrons. The number of nitrogens with zero attached hydrogens (tertiary/aromatic N) is 1. The Hall–Kier alpha value is -2.88. The maximum atomic E-state index is 10.3. The highest BCUT2D eigenvalue weighted by molar-refractivity contribution is 5.98. The largest absolute Gasteiger partial charge is 0.496 e. The van der Waals surface area contributed by atoms with Crippen LogP contribution in [0, 0.1) is 0 Å². The summed E-state index contributed by atoms with van der Waals surface area (Å²) in [6, 6.07) is 17.7. The molecular formula is C18H15NO3. The van der Waals surface area contributed by atoms with E-state index in [2.05, 4.69) is 4.98 Å². The number of ether oxygens (including phenoxy) is 2. The Labute approximate surface area is 128 Å². The van der Waals surface area contributed by atoms with Gasteiger partial charge < -0.3 is 9.47 Å². The number of hydrogen-bond donors (Lipinski definition) is 0. The molecule has 0 amide bonds. The molecule has 0 saturated carbocycles. The van der Waals surface area contributed by atoms with Crippen molar-refractivity contribution in [2.45, 2.75) is 6.61 Å². The molecule has 0 spiro atoms. The molecule has 0 fully saturated rings. The zero-order chi connectivity index (χ0) is 15.4. The number of methoxy groups -OCH3 is 1. The Morgan fingerprint density at radius 3 is 2.59 bits per heavy atom. The van der Waals surface area contributed by atoms with Gasteiger partial charge in [-0.1, -0.05) is 36.4 Å². The van der Waals surface area contributed by atoms with Crippen LogP contribution >= 0.6 is 0 Å². The second-order valence-corrected chi connectivity index (χ2v) is 4.79. The third-order valence-electron chi connectivity index (χ3n) is 3.47. The van der Waals surface area contributed by atoms with Crippen molar-refractivity contribution in [3.63, 3.8) is 0 Å². The molecule has 0 saturated heterocycles. The summed E-state index contributed by atoms with van der Waals surface area (Å²) in [5.74, 6) is 0.803. The van der Waals surface area contributed by atoms with Crippen molar-refractivity contribution < 1.29 is 14.3 Å². The van der Waals surface area contributed by atoms with E-state index in [0.29, 0.717) is 12.2 Å². The third-order valence-corrected chi connectivity index (χ3v) is 3.47. The highest BCUT2D eigenvalue weighted by Gasteiger charge is 2.11. The van der Waals surface area contributed by atoms with Gasteiger partial charge in [-0.3, -0.25) is 4.79 Å². The fourth-order valence-electron chi connectivity index (χ4n) is 2.50. The van der Waals surface area contributed by atoms with Crippen LogP contribution < -0.4 is 4.74 Å². The maximum Gasteiger partial charge on any atom is 0.293 e. The minimum atomic E-state index is 0.173. The van der Waals surface area contributed by atoms with E-state index in [0.717, 1.165) is 27.8 Å². The summed E-state index contributed by atoms with van der Waals surface area (Å²) in [7, 11) is 1.66. The number of carbonyl (C=O) groups is 1. The Balaban J connectivity index is 2.18. The topological polar surface area (TPSA) is 48.4 Å². The Morgan fingerprint density at radius 2 is 1.86 bits per heavy atom. The molecule has 4 heteroatoms. The van der Waals surface area contributed by atoms with Crippen molar-refractivity contribution in [1.29, 1.82) is 0 Å². The fourth-order valence-corrected chi connectivity index (χ4v) is 2.50. The molecular weight excluding hydrogens is 278 g/mol. The number of carbonyl (C=O) groups excluding carboxylic acids is 1. The summed E-state index contributed by atoms with van der Waals surface area (Å²) < 4.78 is 10.3. The summed E-state index contributed by atoms with van der Waals surface area (Å²) in [6.45, 7) is 0.599. The molecule has 0 aliphatic carbocycles. The van der Waals surface area contributed by atoms with Crippen molar-refractivity contribution in [3.8, 4) is 16.9 Å². The second kappa shape index (κ2) is 6.26. The van der Waals surface area contributed by atoms with Crippen molar-refractivity contribution in [1.82, 2.24) is 4.98 Å². The number of pyridine rings is 1. The molecule has 0 unspecified atom stereocenters. The lowest BCUT2D eigenvalue weighted by Gasteiger charge is -2.12. The van der Waals surface area contributed by atoms with Crippen LogP contribution in [-0.4, -0.2) is 18.6 Å². The molecule has 2 aromatic carbocycles. The molecule has 110 valence electrons. The van der Waals surface area contributed by atoms with Gasteiger partial charge in [-0.2, -0.15) is 0 Å². The molecule has 22 heavy (non-hydrogen) atoms. The van der Waals surface area contributed by atoms with Crippen LogP contribution in [0.15, 0.2) is 54.6 Å². The predicted octanol–water partition coefficient (Wildman–Crippen LogP) is 3.58. The van der Waals surface area contributed by atoms with Gasteiger partial charge in [0.05, 0.1) is 18.3 Å². The van der Waals surface area contributed by atoms with Gasteiger partial charge in [0, 0.05) is 10.9 Å². The van der Waals surface area contributed by atoms with Crippen LogP contribution in [0.2, 0.25) is 0 Å². The van der Waals surface area contributed by atoms with E-state index in [4.69, 9.17) is 9.47 Å². The van der Waals surface area contributed by atoms with Crippen molar-refractivity contribution in [2.24, 2.45) is 0 Å². The Morgan fingerprint density at radius 1 is 1.05 bits per heavy atom. The summed E-state index contributed by atoms with van der Waals surface area (Å²) in [6.07, 6.45) is 0. The van der Waals surface area contributed by atoms with Crippen LogP contribution in [0.3, 0.4) is 0 Å². The molecule has 1 heterocycles. The highest BCUT2D eigenvalue weighted by Crippen LogP contribution is 2.36. The SMILES string of the molecule is COc1ccc2nc(COC=O)ccc2c1-c1ccccc1. The van der Waals surface area contributed by atoms with Gasteiger partial charge in [0.1, 0.15) is 12.4 Å². The molecule has 0 bridgehead atoms. The van der Waals surface area contributed by atoms with Gasteiger partial charge in [0.25, 0.3) is 6.47 Å². The predicted molar refractivity (Wildman–Crippen MR) is 84.6 cm³/mol. The zero-order valence-corrected chi connectivity index (χ0v) is 12.2. The molecule has 0 atom stereocenters. The Kier molecular flexibility index (Phi) is 4.01. The number of fused-ring (bicyclic) bond motifs is 1. The van der Waals surface area contributed by atoms with E-state index in [1.165, 1.54) is 0 Å². The average molecular weight is 293 g/mol.